The van der Waals surface area contributed by atoms with Crippen LogP contribution in [0.5, 0.6) is 5.75 Å². The number of hydrogen-bond donors (Lipinski definition) is 1. The van der Waals surface area contributed by atoms with Gasteiger partial charge in [0.05, 0.1) is 0 Å². The van der Waals surface area contributed by atoms with Crippen molar-refractivity contribution >= 4 is 11.6 Å². The van der Waals surface area contributed by atoms with Crippen molar-refractivity contribution in [2.75, 3.05) is 13.2 Å². The van der Waals surface area contributed by atoms with E-state index >= 15 is 0 Å². The van der Waals surface area contributed by atoms with E-state index in [2.05, 4.69) is 0 Å². The molecule has 0 aliphatic heterocycles. The van der Waals surface area contributed by atoms with Gasteiger partial charge in [0.15, 0.2) is 0 Å². The Kier molecular flexibility index (Phi) is 5.22. The fraction of sp³-hybridized carbons (Fsp3) is 0.333. The zero-order chi connectivity index (χ0) is 11.1. The van der Waals surface area contributed by atoms with Crippen LogP contribution in [0.15, 0.2) is 35.4 Å². The number of benzene rings is 1. The van der Waals surface area contributed by atoms with Crippen LogP contribution in [0.4, 0.5) is 0 Å². The third-order valence-electron chi connectivity index (χ3n) is 2.01. The van der Waals surface area contributed by atoms with Crippen molar-refractivity contribution in [2.24, 2.45) is 5.73 Å². The molecule has 0 unspecified atom stereocenters. The van der Waals surface area contributed by atoms with E-state index in [0.717, 1.165) is 17.7 Å². The Balaban J connectivity index is 2.49. The molecule has 0 spiro atoms. The first-order valence-electron chi connectivity index (χ1n) is 4.94. The second-order valence-corrected chi connectivity index (χ2v) is 3.64. The van der Waals surface area contributed by atoms with E-state index in [1.165, 1.54) is 11.1 Å². The number of hydrogen-bond acceptors (Lipinski definition) is 2. The van der Waals surface area contributed by atoms with Crippen molar-refractivity contribution in [3.63, 3.8) is 0 Å². The van der Waals surface area contributed by atoms with E-state index in [-0.39, 0.29) is 0 Å². The number of halogens is 1. The predicted octanol–water partition coefficient (Wildman–Crippen LogP) is 2.71. The molecular formula is C12H16ClNO. The van der Waals surface area contributed by atoms with E-state index in [1.54, 1.807) is 0 Å². The monoisotopic (exact) mass is 225 g/mol. The Hall–Kier alpha value is -0.990. The van der Waals surface area contributed by atoms with Crippen LogP contribution in [0.3, 0.4) is 0 Å². The van der Waals surface area contributed by atoms with Gasteiger partial charge in [-0.3, -0.25) is 0 Å². The molecule has 0 bridgehead atoms. The van der Waals surface area contributed by atoms with Crippen molar-refractivity contribution < 1.29 is 4.74 Å². The Morgan fingerprint density at radius 3 is 2.60 bits per heavy atom. The maximum absolute atomic E-state index is 5.53. The Morgan fingerprint density at radius 1 is 1.40 bits per heavy atom. The van der Waals surface area contributed by atoms with Gasteiger partial charge in [0, 0.05) is 5.54 Å². The van der Waals surface area contributed by atoms with Crippen LogP contribution in [0.2, 0.25) is 0 Å². The summed E-state index contributed by atoms with van der Waals surface area (Å²) in [6.07, 6.45) is 0.904. The van der Waals surface area contributed by atoms with Crippen molar-refractivity contribution in [1.29, 1.82) is 0 Å². The summed E-state index contributed by atoms with van der Waals surface area (Å²) in [4.78, 5) is 0. The minimum absolute atomic E-state index is 0.528. The lowest BCUT2D eigenvalue weighted by Crippen LogP contribution is -2.02. The molecule has 0 saturated carbocycles. The lowest BCUT2D eigenvalue weighted by molar-refractivity contribution is 0.352. The first-order chi connectivity index (χ1) is 7.26. The van der Waals surface area contributed by atoms with Crippen LogP contribution in [-0.2, 0) is 6.42 Å². The molecule has 1 aromatic carbocycles. The molecule has 0 atom stereocenters. The maximum Gasteiger partial charge on any atom is 0.119 e. The van der Waals surface area contributed by atoms with E-state index in [1.807, 2.05) is 31.2 Å². The van der Waals surface area contributed by atoms with Gasteiger partial charge >= 0.3 is 0 Å². The molecule has 0 heterocycles. The van der Waals surface area contributed by atoms with E-state index in [4.69, 9.17) is 22.1 Å². The molecule has 15 heavy (non-hydrogen) atoms. The van der Waals surface area contributed by atoms with E-state index in [0.29, 0.717) is 13.2 Å². The quantitative estimate of drug-likeness (QED) is 0.837. The molecular weight excluding hydrogens is 210 g/mol. The molecule has 0 aromatic heterocycles. The van der Waals surface area contributed by atoms with Crippen LogP contribution in [0.25, 0.3) is 0 Å². The largest absolute Gasteiger partial charge is 0.489 e. The highest BCUT2D eigenvalue weighted by Crippen LogP contribution is 2.13. The molecule has 0 aliphatic rings. The fourth-order valence-corrected chi connectivity index (χ4v) is 1.21. The van der Waals surface area contributed by atoms with Gasteiger partial charge in [-0.15, -0.1) is 0 Å². The van der Waals surface area contributed by atoms with Crippen LogP contribution in [0, 0.1) is 0 Å². The van der Waals surface area contributed by atoms with E-state index < -0.39 is 0 Å². The summed E-state index contributed by atoms with van der Waals surface area (Å²) < 4.78 is 5.51. The summed E-state index contributed by atoms with van der Waals surface area (Å²) in [5.41, 5.74) is 9.23. The third-order valence-corrected chi connectivity index (χ3v) is 2.38. The summed E-state index contributed by atoms with van der Waals surface area (Å²) in [6.45, 7) is 3.13. The summed E-state index contributed by atoms with van der Waals surface area (Å²) in [7, 11) is 0. The average Bonchev–Trinajstić information content (AvgIpc) is 2.28. The summed E-state index contributed by atoms with van der Waals surface area (Å²) in [5, 5.41) is 0. The lowest BCUT2D eigenvalue weighted by atomic mass is 10.1. The first-order valence-corrected chi connectivity index (χ1v) is 5.37. The number of ether oxygens (including phenoxy) is 1. The van der Waals surface area contributed by atoms with Crippen LogP contribution < -0.4 is 10.5 Å². The zero-order valence-electron chi connectivity index (χ0n) is 8.87. The Bertz CT molecular complexity index is 319. The summed E-state index contributed by atoms with van der Waals surface area (Å²) in [6, 6.07) is 7.96. The molecule has 3 heteroatoms. The van der Waals surface area contributed by atoms with Crippen LogP contribution in [0.1, 0.15) is 12.5 Å². The Labute approximate surface area is 95.7 Å². The van der Waals surface area contributed by atoms with Crippen molar-refractivity contribution in [2.45, 2.75) is 13.3 Å². The van der Waals surface area contributed by atoms with Crippen LogP contribution >= 0.6 is 11.6 Å². The normalized spacial score (nSPS) is 11.5. The highest BCUT2D eigenvalue weighted by molar-refractivity contribution is 6.25. The number of nitrogens with two attached hydrogens (primary N) is 1. The molecule has 2 nitrogen and oxygen atoms in total. The average molecular weight is 226 g/mol. The Morgan fingerprint density at radius 2 is 2.07 bits per heavy atom. The van der Waals surface area contributed by atoms with Gasteiger partial charge in [0.25, 0.3) is 0 Å². The standard InChI is InChI=1S/C12H16ClNO/c1-10(8-13)9-15-12-4-2-11(3-5-12)6-7-14/h2-5,8H,6-7,9,14H2,1H3/b10-8-. The van der Waals surface area contributed by atoms with Gasteiger partial charge < -0.3 is 10.5 Å². The van der Waals surface area contributed by atoms with Gasteiger partial charge in [-0.2, -0.15) is 0 Å². The summed E-state index contributed by atoms with van der Waals surface area (Å²) >= 11 is 5.53. The topological polar surface area (TPSA) is 35.2 Å². The second-order valence-electron chi connectivity index (χ2n) is 3.43. The molecule has 82 valence electrons. The minimum Gasteiger partial charge on any atom is -0.489 e. The van der Waals surface area contributed by atoms with E-state index in [9.17, 15) is 0 Å². The highest BCUT2D eigenvalue weighted by Gasteiger charge is 1.95. The fourth-order valence-electron chi connectivity index (χ4n) is 1.15. The highest BCUT2D eigenvalue weighted by atomic mass is 35.5. The van der Waals surface area contributed by atoms with Crippen molar-refractivity contribution in [3.05, 3.63) is 40.9 Å². The number of rotatable bonds is 5. The van der Waals surface area contributed by atoms with Gasteiger partial charge in [0.1, 0.15) is 12.4 Å². The maximum atomic E-state index is 5.53. The second kappa shape index (κ2) is 6.49. The molecule has 2 N–H and O–H groups in total. The van der Waals surface area contributed by atoms with Crippen molar-refractivity contribution in [1.82, 2.24) is 0 Å². The SMILES string of the molecule is C/C(=C/Cl)COc1ccc(CCN)cc1. The molecule has 1 aromatic rings. The molecule has 0 amide bonds. The van der Waals surface area contributed by atoms with Gasteiger partial charge in [0.2, 0.25) is 0 Å². The smallest absolute Gasteiger partial charge is 0.119 e. The van der Waals surface area contributed by atoms with Gasteiger partial charge in [-0.25, -0.2) is 0 Å². The molecule has 0 fully saturated rings. The van der Waals surface area contributed by atoms with Gasteiger partial charge in [-0.1, -0.05) is 23.7 Å². The lowest BCUT2D eigenvalue weighted by Gasteiger charge is -2.06. The molecule has 0 saturated heterocycles. The minimum atomic E-state index is 0.528. The third kappa shape index (κ3) is 4.36. The van der Waals surface area contributed by atoms with Gasteiger partial charge in [-0.05, 0) is 43.2 Å². The molecule has 0 aliphatic carbocycles. The summed E-state index contributed by atoms with van der Waals surface area (Å²) in [5.74, 6) is 0.855. The molecule has 0 radical (unpaired) electrons. The zero-order valence-corrected chi connectivity index (χ0v) is 9.63. The van der Waals surface area contributed by atoms with Crippen LogP contribution in [-0.4, -0.2) is 13.2 Å². The van der Waals surface area contributed by atoms with Crippen molar-refractivity contribution in [3.8, 4) is 5.75 Å². The first kappa shape index (κ1) is 12.1. The predicted molar refractivity (Wildman–Crippen MR) is 64.3 cm³/mol. The molecule has 1 rings (SSSR count).